The third-order valence-electron chi connectivity index (χ3n) is 4.30. The number of hydrogen-bond donors (Lipinski definition) is 0. The number of aliphatic imine (C=N–C) groups is 1. The van der Waals surface area contributed by atoms with Gasteiger partial charge in [0.05, 0.1) is 12.6 Å². The molecule has 1 atom stereocenters. The first-order valence-corrected chi connectivity index (χ1v) is 8.93. The molecule has 1 aromatic carbocycles. The first-order chi connectivity index (χ1) is 14.4. The van der Waals surface area contributed by atoms with Crippen LogP contribution in [0, 0.1) is 11.5 Å². The fourth-order valence-corrected chi connectivity index (χ4v) is 3.01. The largest absolute Gasteiger partial charge is 0.573 e. The van der Waals surface area contributed by atoms with E-state index >= 15 is 0 Å². The van der Waals surface area contributed by atoms with Crippen molar-refractivity contribution in [3.05, 3.63) is 42.2 Å². The van der Waals surface area contributed by atoms with Gasteiger partial charge in [0.25, 0.3) is 5.90 Å². The average Bonchev–Trinajstić information content (AvgIpc) is 3.18. The second-order valence-electron chi connectivity index (χ2n) is 6.30. The van der Waals surface area contributed by atoms with Crippen LogP contribution >= 0.6 is 0 Å². The number of benzene rings is 1. The molecule has 1 aromatic heterocycles. The van der Waals surface area contributed by atoms with Gasteiger partial charge in [0, 0.05) is 25.0 Å². The van der Waals surface area contributed by atoms with Crippen molar-refractivity contribution in [3.8, 4) is 23.3 Å². The second-order valence-corrected chi connectivity index (χ2v) is 6.30. The van der Waals surface area contributed by atoms with Crippen LogP contribution in [-0.4, -0.2) is 53.0 Å². The minimum Gasteiger partial charge on any atom is -0.406 e. The normalized spacial score (nSPS) is 16.8. The van der Waals surface area contributed by atoms with Crippen LogP contribution in [0.2, 0.25) is 0 Å². The van der Waals surface area contributed by atoms with Crippen molar-refractivity contribution in [3.63, 3.8) is 0 Å². The number of nitrogens with zero attached hydrogens (tertiary/aromatic N) is 6. The summed E-state index contributed by atoms with van der Waals surface area (Å²) in [5, 5.41) is 12.5. The average molecular weight is 418 g/mol. The fourth-order valence-electron chi connectivity index (χ4n) is 3.01. The molecule has 1 aliphatic rings. The van der Waals surface area contributed by atoms with E-state index in [0.29, 0.717) is 18.7 Å². The van der Waals surface area contributed by atoms with Crippen molar-refractivity contribution in [1.29, 1.82) is 5.26 Å². The number of rotatable bonds is 6. The van der Waals surface area contributed by atoms with E-state index in [4.69, 9.17) is 10.1 Å². The maximum atomic E-state index is 12.5. The van der Waals surface area contributed by atoms with E-state index < -0.39 is 6.36 Å². The lowest BCUT2D eigenvalue weighted by Crippen LogP contribution is -2.27. The molecule has 0 amide bonds. The number of oxime groups is 1. The lowest BCUT2D eigenvalue weighted by atomic mass is 10.2. The molecule has 1 saturated heterocycles. The lowest BCUT2D eigenvalue weighted by molar-refractivity contribution is -0.274. The second kappa shape index (κ2) is 9.21. The van der Waals surface area contributed by atoms with Crippen molar-refractivity contribution in [2.45, 2.75) is 25.2 Å². The maximum absolute atomic E-state index is 12.5. The van der Waals surface area contributed by atoms with Crippen molar-refractivity contribution < 1.29 is 22.7 Å². The first-order valence-electron chi connectivity index (χ1n) is 8.93. The van der Waals surface area contributed by atoms with Crippen LogP contribution in [0.5, 0.6) is 5.75 Å². The number of alkyl halides is 3. The lowest BCUT2D eigenvalue weighted by Gasteiger charge is -2.16. The molecule has 11 heteroatoms. The molecule has 0 N–H and O–H groups in total. The molecule has 30 heavy (non-hydrogen) atoms. The Bertz CT molecular complexity index is 973. The summed E-state index contributed by atoms with van der Waals surface area (Å²) >= 11 is 0. The molecule has 3 rings (SSSR count). The topological polar surface area (TPSA) is 96.0 Å². The first kappa shape index (κ1) is 21.0. The van der Waals surface area contributed by atoms with E-state index in [0.717, 1.165) is 12.8 Å². The zero-order valence-corrected chi connectivity index (χ0v) is 15.7. The molecule has 0 spiro atoms. The molecule has 2 heterocycles. The van der Waals surface area contributed by atoms with E-state index in [9.17, 15) is 13.2 Å². The van der Waals surface area contributed by atoms with Crippen LogP contribution in [0.1, 0.15) is 18.5 Å². The Kier molecular flexibility index (Phi) is 6.46. The van der Waals surface area contributed by atoms with Gasteiger partial charge in [-0.15, -0.1) is 13.2 Å². The number of halogens is 3. The summed E-state index contributed by atoms with van der Waals surface area (Å²) in [6.07, 6.45) is 0.479. The number of likely N-dealkylation sites (tertiary alicyclic amines) is 1. The van der Waals surface area contributed by atoms with Gasteiger partial charge in [-0.3, -0.25) is 0 Å². The van der Waals surface area contributed by atoms with Gasteiger partial charge in [-0.25, -0.2) is 15.0 Å². The molecule has 1 aliphatic heterocycles. The van der Waals surface area contributed by atoms with Gasteiger partial charge in [0.15, 0.2) is 12.0 Å². The Morgan fingerprint density at radius 3 is 2.93 bits per heavy atom. The number of aromatic nitrogens is 2. The summed E-state index contributed by atoms with van der Waals surface area (Å²) in [4.78, 5) is 19.6. The Labute approximate surface area is 170 Å². The van der Waals surface area contributed by atoms with Gasteiger partial charge >= 0.3 is 6.36 Å². The Balaban J connectivity index is 1.85. The maximum Gasteiger partial charge on any atom is 0.573 e. The SMILES string of the molecule is C=NO/C(=N\CC1CCCN1C#N)c1ccnc(-c2cccc(OC(F)(F)F)c2)n1. The predicted octanol–water partition coefficient (Wildman–Crippen LogP) is 3.37. The summed E-state index contributed by atoms with van der Waals surface area (Å²) in [7, 11) is 0. The Hall–Kier alpha value is -3.68. The third kappa shape index (κ3) is 5.44. The van der Waals surface area contributed by atoms with E-state index in [2.05, 4.69) is 37.8 Å². The van der Waals surface area contributed by atoms with Crippen molar-refractivity contribution in [1.82, 2.24) is 14.9 Å². The summed E-state index contributed by atoms with van der Waals surface area (Å²) in [6, 6.07) is 6.80. The highest BCUT2D eigenvalue weighted by Crippen LogP contribution is 2.26. The Morgan fingerprint density at radius 2 is 2.20 bits per heavy atom. The quantitative estimate of drug-likeness (QED) is 0.309. The zero-order valence-electron chi connectivity index (χ0n) is 15.7. The molecule has 0 saturated carbocycles. The van der Waals surface area contributed by atoms with Gasteiger partial charge in [0.1, 0.15) is 11.4 Å². The summed E-state index contributed by atoms with van der Waals surface area (Å²) in [5.41, 5.74) is 0.590. The van der Waals surface area contributed by atoms with Gasteiger partial charge in [-0.2, -0.15) is 5.26 Å². The van der Waals surface area contributed by atoms with Gasteiger partial charge in [-0.05, 0) is 31.0 Å². The van der Waals surface area contributed by atoms with E-state index in [-0.39, 0.29) is 29.2 Å². The molecule has 1 fully saturated rings. The molecule has 8 nitrogen and oxygen atoms in total. The molecular formula is C19H17F3N6O2. The number of hydrogen-bond acceptors (Lipinski definition) is 8. The van der Waals surface area contributed by atoms with Crippen LogP contribution in [0.15, 0.2) is 46.7 Å². The van der Waals surface area contributed by atoms with Crippen molar-refractivity contribution >= 4 is 12.6 Å². The minimum atomic E-state index is -4.80. The van der Waals surface area contributed by atoms with Gasteiger partial charge in [0.2, 0.25) is 0 Å². The van der Waals surface area contributed by atoms with Gasteiger partial charge in [-0.1, -0.05) is 17.3 Å². The van der Waals surface area contributed by atoms with Gasteiger partial charge < -0.3 is 14.5 Å². The highest BCUT2D eigenvalue weighted by atomic mass is 19.4. The molecule has 2 aromatic rings. The minimum absolute atomic E-state index is 0.0454. The van der Waals surface area contributed by atoms with Crippen LogP contribution in [-0.2, 0) is 4.84 Å². The standard InChI is InChI=1S/C19H17F3N6O2/c1-24-30-18(26-11-14-5-3-9-28(14)12-23)16-7-8-25-17(27-16)13-4-2-6-15(10-13)29-19(20,21)22/h2,4,6-8,10,14H,1,3,5,9,11H2/b26-18-. The molecule has 0 aliphatic carbocycles. The smallest absolute Gasteiger partial charge is 0.406 e. The van der Waals surface area contributed by atoms with Crippen LogP contribution in [0.4, 0.5) is 13.2 Å². The summed E-state index contributed by atoms with van der Waals surface area (Å²) in [6.45, 7) is 4.26. The fraction of sp³-hybridized carbons (Fsp3) is 0.316. The molecule has 0 radical (unpaired) electrons. The molecule has 1 unspecified atom stereocenters. The highest BCUT2D eigenvalue weighted by molar-refractivity contribution is 5.92. The summed E-state index contributed by atoms with van der Waals surface area (Å²) < 4.78 is 41.4. The van der Waals surface area contributed by atoms with Crippen LogP contribution < -0.4 is 4.74 Å². The molecule has 156 valence electrons. The monoisotopic (exact) mass is 418 g/mol. The van der Waals surface area contributed by atoms with E-state index in [1.165, 1.54) is 30.5 Å². The van der Waals surface area contributed by atoms with Crippen LogP contribution in [0.25, 0.3) is 11.4 Å². The van der Waals surface area contributed by atoms with Crippen LogP contribution in [0.3, 0.4) is 0 Å². The van der Waals surface area contributed by atoms with Crippen molar-refractivity contribution in [2.24, 2.45) is 10.1 Å². The Morgan fingerprint density at radius 1 is 1.37 bits per heavy atom. The molecular weight excluding hydrogens is 401 g/mol. The molecule has 0 bridgehead atoms. The number of ether oxygens (including phenoxy) is 1. The highest BCUT2D eigenvalue weighted by Gasteiger charge is 2.31. The van der Waals surface area contributed by atoms with E-state index in [1.807, 2.05) is 0 Å². The third-order valence-corrected chi connectivity index (χ3v) is 4.30. The van der Waals surface area contributed by atoms with Crippen molar-refractivity contribution in [2.75, 3.05) is 13.1 Å². The number of nitriles is 1. The zero-order chi connectivity index (χ0) is 21.6. The summed E-state index contributed by atoms with van der Waals surface area (Å²) in [5.74, 6) is -0.161. The predicted molar refractivity (Wildman–Crippen MR) is 102 cm³/mol. The van der Waals surface area contributed by atoms with E-state index in [1.54, 1.807) is 11.0 Å².